The molecule has 0 radical (unpaired) electrons. The summed E-state index contributed by atoms with van der Waals surface area (Å²) in [4.78, 5) is 2.47. The van der Waals surface area contributed by atoms with Gasteiger partial charge in [-0.15, -0.1) is 5.10 Å². The van der Waals surface area contributed by atoms with Crippen molar-refractivity contribution in [2.75, 3.05) is 14.2 Å². The fraction of sp³-hybridized carbons (Fsp3) is 0.522. The van der Waals surface area contributed by atoms with Crippen LogP contribution in [0.5, 0.6) is 10.9 Å². The first-order valence-electron chi connectivity index (χ1n) is 11.0. The largest absolute Gasteiger partial charge is 0.507 e. The number of likely N-dealkylation sites (N-methyl/N-ethyl adjacent to an activating group) is 1. The van der Waals surface area contributed by atoms with E-state index < -0.39 is 0 Å². The number of piperidine rings is 2. The van der Waals surface area contributed by atoms with Crippen molar-refractivity contribution < 1.29 is 14.6 Å². The number of aryl methyl sites for hydroxylation is 1. The summed E-state index contributed by atoms with van der Waals surface area (Å²) >= 11 is 1.36. The Bertz CT molecular complexity index is 1110. The fourth-order valence-electron chi connectivity index (χ4n) is 5.26. The van der Waals surface area contributed by atoms with E-state index in [2.05, 4.69) is 34.2 Å². The monoisotopic (exact) mass is 455 g/mol. The van der Waals surface area contributed by atoms with E-state index in [-0.39, 0.29) is 23.5 Å². The first-order valence-corrected chi connectivity index (χ1v) is 11.8. The number of fused-ring (bicyclic) bond motifs is 2. The molecule has 2 aromatic heterocycles. The predicted octanol–water partition coefficient (Wildman–Crippen LogP) is 3.81. The Morgan fingerprint density at radius 3 is 2.78 bits per heavy atom. The van der Waals surface area contributed by atoms with Crippen molar-refractivity contribution >= 4 is 11.3 Å². The summed E-state index contributed by atoms with van der Waals surface area (Å²) in [5, 5.41) is 24.7. The maximum Gasteiger partial charge on any atom is 0.294 e. The Balaban J connectivity index is 1.32. The molecule has 1 N–H and O–H groups in total. The summed E-state index contributed by atoms with van der Waals surface area (Å²) in [5.41, 5.74) is 2.30. The van der Waals surface area contributed by atoms with Crippen molar-refractivity contribution in [3.8, 4) is 27.2 Å². The second-order valence-electron chi connectivity index (χ2n) is 9.08. The molecule has 1 aromatic carbocycles. The summed E-state index contributed by atoms with van der Waals surface area (Å²) < 4.78 is 13.8. The highest BCUT2D eigenvalue weighted by Crippen LogP contribution is 2.44. The maximum atomic E-state index is 10.6. The molecule has 8 nitrogen and oxygen atoms in total. The van der Waals surface area contributed by atoms with Crippen molar-refractivity contribution in [2.45, 2.75) is 63.3 Å². The molecular formula is C23H29N5O3S. The van der Waals surface area contributed by atoms with Crippen LogP contribution in [0.15, 0.2) is 30.5 Å². The SMILES string of the molecule is COC1CCC2CC(Oc3nnc(-c4ccc(-n5ccc(C)n5)cc4O)s3)CC1(C)N2C. The number of hydrogen-bond donors (Lipinski definition) is 1. The van der Waals surface area contributed by atoms with E-state index in [9.17, 15) is 5.11 Å². The second kappa shape index (κ2) is 8.13. The smallest absolute Gasteiger partial charge is 0.294 e. The number of ether oxygens (including phenoxy) is 2. The topological polar surface area (TPSA) is 85.5 Å². The standard InChI is InChI=1S/C23H29N5O3S/c1-14-9-10-28(26-14)16-5-7-18(19(29)12-16)21-24-25-22(32-21)31-17-11-15-6-8-20(30-4)23(2,13-17)27(15)3/h5,7,9-10,12,15,17,20,29H,6,8,11,13H2,1-4H3. The van der Waals surface area contributed by atoms with Gasteiger partial charge in [0.15, 0.2) is 5.01 Å². The van der Waals surface area contributed by atoms with Gasteiger partial charge in [0.2, 0.25) is 0 Å². The number of nitrogens with zero attached hydrogens (tertiary/aromatic N) is 5. The van der Waals surface area contributed by atoms with E-state index in [1.54, 1.807) is 17.9 Å². The number of phenols is 1. The Hall–Kier alpha value is -2.49. The molecule has 170 valence electrons. The quantitative estimate of drug-likeness (QED) is 0.626. The maximum absolute atomic E-state index is 10.6. The number of rotatable bonds is 5. The molecule has 2 saturated heterocycles. The van der Waals surface area contributed by atoms with Gasteiger partial charge in [-0.3, -0.25) is 4.90 Å². The molecule has 0 spiro atoms. The molecule has 4 unspecified atom stereocenters. The van der Waals surface area contributed by atoms with Crippen LogP contribution in [-0.2, 0) is 4.74 Å². The highest BCUT2D eigenvalue weighted by atomic mass is 32.1. The van der Waals surface area contributed by atoms with E-state index in [0.717, 1.165) is 37.1 Å². The van der Waals surface area contributed by atoms with Crippen LogP contribution in [-0.4, -0.2) is 67.9 Å². The Kier molecular flexibility index (Phi) is 5.43. The Labute approximate surface area is 191 Å². The van der Waals surface area contributed by atoms with Crippen LogP contribution in [0.4, 0.5) is 0 Å². The van der Waals surface area contributed by atoms with Gasteiger partial charge < -0.3 is 14.6 Å². The number of methoxy groups -OCH3 is 1. The zero-order valence-electron chi connectivity index (χ0n) is 18.9. The van der Waals surface area contributed by atoms with Crippen molar-refractivity contribution in [1.82, 2.24) is 24.9 Å². The van der Waals surface area contributed by atoms with Gasteiger partial charge in [0.05, 0.1) is 23.0 Å². The molecule has 3 aromatic rings. The minimum Gasteiger partial charge on any atom is -0.507 e. The van der Waals surface area contributed by atoms with Gasteiger partial charge in [-0.2, -0.15) is 5.10 Å². The van der Waals surface area contributed by atoms with Crippen LogP contribution in [0.1, 0.15) is 38.3 Å². The zero-order chi connectivity index (χ0) is 22.5. The molecule has 0 aliphatic carbocycles. The van der Waals surface area contributed by atoms with Gasteiger partial charge >= 0.3 is 0 Å². The van der Waals surface area contributed by atoms with Crippen molar-refractivity contribution in [3.05, 3.63) is 36.2 Å². The summed E-state index contributed by atoms with van der Waals surface area (Å²) in [5.74, 6) is 0.141. The van der Waals surface area contributed by atoms with E-state index >= 15 is 0 Å². The number of hydrogen-bond acceptors (Lipinski definition) is 8. The second-order valence-corrected chi connectivity index (χ2v) is 10.0. The van der Waals surface area contributed by atoms with Crippen LogP contribution in [0.25, 0.3) is 16.3 Å². The van der Waals surface area contributed by atoms with Gasteiger partial charge in [-0.1, -0.05) is 16.4 Å². The normalized spacial score (nSPS) is 28.1. The molecule has 2 aliphatic heterocycles. The lowest BCUT2D eigenvalue weighted by molar-refractivity contribution is -0.135. The summed E-state index contributed by atoms with van der Waals surface area (Å²) in [6.07, 6.45) is 6.20. The predicted molar refractivity (Wildman–Crippen MR) is 123 cm³/mol. The van der Waals surface area contributed by atoms with Gasteiger partial charge in [0, 0.05) is 37.4 Å². The molecule has 2 aliphatic rings. The molecule has 32 heavy (non-hydrogen) atoms. The number of benzene rings is 1. The van der Waals surface area contributed by atoms with E-state index in [0.29, 0.717) is 21.8 Å². The lowest BCUT2D eigenvalue weighted by Crippen LogP contribution is -2.66. The molecular weight excluding hydrogens is 426 g/mol. The molecule has 2 fully saturated rings. The lowest BCUT2D eigenvalue weighted by Gasteiger charge is -2.56. The average Bonchev–Trinajstić information content (AvgIpc) is 3.39. The minimum absolute atomic E-state index is 0.0486. The van der Waals surface area contributed by atoms with Crippen LogP contribution in [0.3, 0.4) is 0 Å². The van der Waals surface area contributed by atoms with Crippen LogP contribution in [0.2, 0.25) is 0 Å². The van der Waals surface area contributed by atoms with E-state index in [4.69, 9.17) is 9.47 Å². The van der Waals surface area contributed by atoms with Gasteiger partial charge in [-0.05, 0) is 58.4 Å². The van der Waals surface area contributed by atoms with Crippen LogP contribution in [0, 0.1) is 6.92 Å². The molecule has 5 rings (SSSR count). The Morgan fingerprint density at radius 1 is 1.22 bits per heavy atom. The first-order chi connectivity index (χ1) is 15.4. The zero-order valence-corrected chi connectivity index (χ0v) is 19.7. The van der Waals surface area contributed by atoms with Gasteiger partial charge in [0.1, 0.15) is 11.9 Å². The third kappa shape index (κ3) is 3.68. The van der Waals surface area contributed by atoms with Crippen molar-refractivity contribution in [3.63, 3.8) is 0 Å². The highest BCUT2D eigenvalue weighted by Gasteiger charge is 2.50. The fourth-order valence-corrected chi connectivity index (χ4v) is 6.06. The number of aromatic nitrogens is 4. The molecule has 0 amide bonds. The summed E-state index contributed by atoms with van der Waals surface area (Å²) in [6.45, 7) is 4.20. The van der Waals surface area contributed by atoms with E-state index in [1.807, 2.05) is 31.3 Å². The van der Waals surface area contributed by atoms with Gasteiger partial charge in [-0.25, -0.2) is 4.68 Å². The first kappa shape index (κ1) is 21.4. The highest BCUT2D eigenvalue weighted by molar-refractivity contribution is 7.16. The molecule has 4 heterocycles. The molecule has 2 bridgehead atoms. The number of phenolic OH excluding ortho intramolecular Hbond substituents is 1. The molecule has 4 atom stereocenters. The van der Waals surface area contributed by atoms with E-state index in [1.165, 1.54) is 11.3 Å². The van der Waals surface area contributed by atoms with Crippen LogP contribution < -0.4 is 4.74 Å². The third-order valence-electron chi connectivity index (χ3n) is 7.14. The molecule has 9 heteroatoms. The molecule has 0 saturated carbocycles. The van der Waals surface area contributed by atoms with Crippen LogP contribution >= 0.6 is 11.3 Å². The summed E-state index contributed by atoms with van der Waals surface area (Å²) in [6, 6.07) is 7.85. The number of aromatic hydroxyl groups is 1. The lowest BCUT2D eigenvalue weighted by atomic mass is 9.72. The summed E-state index contributed by atoms with van der Waals surface area (Å²) in [7, 11) is 4.00. The van der Waals surface area contributed by atoms with Crippen molar-refractivity contribution in [2.24, 2.45) is 0 Å². The Morgan fingerprint density at radius 2 is 2.06 bits per heavy atom. The van der Waals surface area contributed by atoms with Crippen molar-refractivity contribution in [1.29, 1.82) is 0 Å². The average molecular weight is 456 g/mol. The van der Waals surface area contributed by atoms with Gasteiger partial charge in [0.25, 0.3) is 5.19 Å². The minimum atomic E-state index is -0.0486. The third-order valence-corrected chi connectivity index (χ3v) is 7.99.